The van der Waals surface area contributed by atoms with Gasteiger partial charge >= 0.3 is 12.1 Å². The van der Waals surface area contributed by atoms with Crippen molar-refractivity contribution >= 4 is 41.1 Å². The number of ether oxygens (including phenoxy) is 1. The monoisotopic (exact) mass is 593 g/mol. The fourth-order valence-electron chi connectivity index (χ4n) is 5.47. The SMILES string of the molecule is COc1ccc(C2=NC(c3ccc(Cl)cc3)C(c3ccc(Cl)cc3)N2C(=O)N2CCN(C(N)=O)CC2)c(C(C)C)c1. The van der Waals surface area contributed by atoms with Crippen molar-refractivity contribution in [3.8, 4) is 5.75 Å². The van der Waals surface area contributed by atoms with E-state index in [9.17, 15) is 9.59 Å². The molecule has 3 aromatic carbocycles. The third kappa shape index (κ3) is 5.85. The highest BCUT2D eigenvalue weighted by Crippen LogP contribution is 2.45. The quantitative estimate of drug-likeness (QED) is 0.366. The molecule has 2 unspecified atom stereocenters. The van der Waals surface area contributed by atoms with E-state index in [1.807, 2.05) is 66.7 Å². The fraction of sp³-hybridized carbons (Fsp3) is 0.323. The number of hydrogen-bond donors (Lipinski definition) is 1. The molecule has 4 amide bonds. The second kappa shape index (κ2) is 12.0. The molecule has 2 N–H and O–H groups in total. The summed E-state index contributed by atoms with van der Waals surface area (Å²) < 4.78 is 5.53. The second-order valence-electron chi connectivity index (χ2n) is 10.5. The summed E-state index contributed by atoms with van der Waals surface area (Å²) in [5.74, 6) is 1.46. The number of hydrogen-bond acceptors (Lipinski definition) is 4. The molecule has 1 saturated heterocycles. The molecule has 0 saturated carbocycles. The van der Waals surface area contributed by atoms with Gasteiger partial charge in [0, 0.05) is 41.8 Å². The molecule has 214 valence electrons. The molecule has 8 nitrogen and oxygen atoms in total. The maximum Gasteiger partial charge on any atom is 0.326 e. The summed E-state index contributed by atoms with van der Waals surface area (Å²) in [6, 6.07) is 19.5. The lowest BCUT2D eigenvalue weighted by Crippen LogP contribution is -2.56. The van der Waals surface area contributed by atoms with E-state index in [4.69, 9.17) is 38.7 Å². The Morgan fingerprint density at radius 3 is 1.98 bits per heavy atom. The molecule has 0 radical (unpaired) electrons. The largest absolute Gasteiger partial charge is 0.497 e. The van der Waals surface area contributed by atoms with Crippen LogP contribution in [0, 0.1) is 0 Å². The van der Waals surface area contributed by atoms with Crippen LogP contribution >= 0.6 is 23.2 Å². The van der Waals surface area contributed by atoms with Gasteiger partial charge in [-0.15, -0.1) is 0 Å². The number of halogens is 2. The number of nitrogens with two attached hydrogens (primary N) is 1. The van der Waals surface area contributed by atoms with Gasteiger partial charge in [-0.3, -0.25) is 9.89 Å². The van der Waals surface area contributed by atoms with Crippen LogP contribution in [0.4, 0.5) is 9.59 Å². The number of carbonyl (C=O) groups excluding carboxylic acids is 2. The zero-order chi connectivity index (χ0) is 29.3. The zero-order valence-electron chi connectivity index (χ0n) is 23.3. The minimum absolute atomic E-state index is 0.141. The Bertz CT molecular complexity index is 1450. The van der Waals surface area contributed by atoms with E-state index in [-0.39, 0.29) is 11.9 Å². The van der Waals surface area contributed by atoms with E-state index in [1.54, 1.807) is 21.8 Å². The van der Waals surface area contributed by atoms with Crippen molar-refractivity contribution in [1.29, 1.82) is 0 Å². The van der Waals surface area contributed by atoms with Gasteiger partial charge in [-0.05, 0) is 65.1 Å². The number of amides is 4. The van der Waals surface area contributed by atoms with Crippen molar-refractivity contribution < 1.29 is 14.3 Å². The molecular formula is C31H33Cl2N5O3. The van der Waals surface area contributed by atoms with Crippen molar-refractivity contribution in [2.24, 2.45) is 10.7 Å². The molecule has 2 aliphatic rings. The first-order valence-corrected chi connectivity index (χ1v) is 14.3. The van der Waals surface area contributed by atoms with Crippen LogP contribution in [0.1, 0.15) is 54.1 Å². The van der Waals surface area contributed by atoms with E-state index in [2.05, 4.69) is 13.8 Å². The van der Waals surface area contributed by atoms with Gasteiger partial charge in [-0.25, -0.2) is 9.59 Å². The first-order chi connectivity index (χ1) is 19.7. The normalized spacial score (nSPS) is 19.0. The number of methoxy groups -OCH3 is 1. The summed E-state index contributed by atoms with van der Waals surface area (Å²) >= 11 is 12.5. The number of benzene rings is 3. The molecule has 3 aromatic rings. The van der Waals surface area contributed by atoms with Crippen LogP contribution in [0.3, 0.4) is 0 Å². The Balaban J connectivity index is 1.67. The molecule has 10 heteroatoms. The van der Waals surface area contributed by atoms with E-state index in [0.717, 1.165) is 28.0 Å². The van der Waals surface area contributed by atoms with Gasteiger partial charge in [0.1, 0.15) is 17.6 Å². The van der Waals surface area contributed by atoms with Crippen LogP contribution in [-0.2, 0) is 0 Å². The van der Waals surface area contributed by atoms with Crippen molar-refractivity contribution in [3.05, 3.63) is 99.0 Å². The molecule has 0 spiro atoms. The van der Waals surface area contributed by atoms with Gasteiger partial charge in [0.2, 0.25) is 0 Å². The summed E-state index contributed by atoms with van der Waals surface area (Å²) in [7, 11) is 1.64. The topological polar surface area (TPSA) is 91.5 Å². The average Bonchev–Trinajstić information content (AvgIpc) is 3.37. The van der Waals surface area contributed by atoms with Crippen LogP contribution in [0.5, 0.6) is 5.75 Å². The number of piperazine rings is 1. The molecule has 2 atom stereocenters. The van der Waals surface area contributed by atoms with Gasteiger partial charge in [-0.1, -0.05) is 61.3 Å². The maximum atomic E-state index is 14.5. The Kier molecular flexibility index (Phi) is 8.42. The first kappa shape index (κ1) is 28.8. The van der Waals surface area contributed by atoms with Crippen molar-refractivity contribution in [2.75, 3.05) is 33.3 Å². The molecule has 41 heavy (non-hydrogen) atoms. The number of aliphatic imine (C=N–C) groups is 1. The van der Waals surface area contributed by atoms with Gasteiger partial charge in [0.25, 0.3) is 0 Å². The molecule has 0 aliphatic carbocycles. The lowest BCUT2D eigenvalue weighted by Gasteiger charge is -2.38. The van der Waals surface area contributed by atoms with E-state index in [0.29, 0.717) is 42.1 Å². The fourth-order valence-corrected chi connectivity index (χ4v) is 5.73. The molecule has 2 aliphatic heterocycles. The average molecular weight is 595 g/mol. The minimum atomic E-state index is -0.484. The van der Waals surface area contributed by atoms with Crippen LogP contribution < -0.4 is 10.5 Å². The predicted octanol–water partition coefficient (Wildman–Crippen LogP) is 6.49. The predicted molar refractivity (Wildman–Crippen MR) is 162 cm³/mol. The molecule has 2 heterocycles. The van der Waals surface area contributed by atoms with Crippen molar-refractivity contribution in [3.63, 3.8) is 0 Å². The number of primary amides is 1. The number of rotatable bonds is 5. The van der Waals surface area contributed by atoms with Crippen LogP contribution in [0.2, 0.25) is 10.0 Å². The van der Waals surface area contributed by atoms with Gasteiger partial charge in [-0.2, -0.15) is 0 Å². The molecule has 0 bridgehead atoms. The Hall–Kier alpha value is -3.75. The highest BCUT2D eigenvalue weighted by Gasteiger charge is 2.45. The number of urea groups is 2. The number of nitrogens with zero attached hydrogens (tertiary/aromatic N) is 4. The summed E-state index contributed by atoms with van der Waals surface area (Å²) in [6.45, 7) is 5.68. The van der Waals surface area contributed by atoms with E-state index >= 15 is 0 Å². The molecule has 1 fully saturated rings. The highest BCUT2D eigenvalue weighted by molar-refractivity contribution is 6.30. The maximum absolute atomic E-state index is 14.5. The zero-order valence-corrected chi connectivity index (χ0v) is 24.8. The number of carbonyl (C=O) groups is 2. The first-order valence-electron chi connectivity index (χ1n) is 13.6. The van der Waals surface area contributed by atoms with E-state index < -0.39 is 18.1 Å². The lowest BCUT2D eigenvalue weighted by atomic mass is 9.93. The van der Waals surface area contributed by atoms with E-state index in [1.165, 1.54) is 0 Å². The third-order valence-electron chi connectivity index (χ3n) is 7.68. The smallest absolute Gasteiger partial charge is 0.326 e. The van der Waals surface area contributed by atoms with Gasteiger partial charge in [0.05, 0.1) is 13.2 Å². The standard InChI is InChI=1S/C31H33Cl2N5O3/c1-19(2)26-18-24(41-3)12-13-25(26)29-35-27(20-4-8-22(32)9-5-20)28(21-6-10-23(33)11-7-21)38(29)31(40)37-16-14-36(15-17-37)30(34)39/h4-13,18-19,27-28H,14-17H2,1-3H3,(H2,34,39). The molecule has 0 aromatic heterocycles. The Labute approximate surface area is 250 Å². The second-order valence-corrected chi connectivity index (χ2v) is 11.4. The summed E-state index contributed by atoms with van der Waals surface area (Å²) in [4.78, 5) is 36.7. The molecular weight excluding hydrogens is 561 g/mol. The summed E-state index contributed by atoms with van der Waals surface area (Å²) in [5, 5.41) is 1.23. The molecule has 5 rings (SSSR count). The summed E-state index contributed by atoms with van der Waals surface area (Å²) in [6.07, 6.45) is 0. The minimum Gasteiger partial charge on any atom is -0.497 e. The Morgan fingerprint density at radius 1 is 0.878 bits per heavy atom. The van der Waals surface area contributed by atoms with Crippen molar-refractivity contribution in [1.82, 2.24) is 14.7 Å². The van der Waals surface area contributed by atoms with Crippen LogP contribution in [0.15, 0.2) is 71.7 Å². The van der Waals surface area contributed by atoms with Crippen molar-refractivity contribution in [2.45, 2.75) is 31.8 Å². The Morgan fingerprint density at radius 2 is 1.44 bits per heavy atom. The van der Waals surface area contributed by atoms with Gasteiger partial charge < -0.3 is 20.3 Å². The number of amidine groups is 1. The lowest BCUT2D eigenvalue weighted by molar-refractivity contribution is 0.128. The van der Waals surface area contributed by atoms with Gasteiger partial charge in [0.15, 0.2) is 0 Å². The third-order valence-corrected chi connectivity index (χ3v) is 8.18. The summed E-state index contributed by atoms with van der Waals surface area (Å²) in [5.41, 5.74) is 9.22. The van der Waals surface area contributed by atoms with Crippen LogP contribution in [-0.4, -0.2) is 65.9 Å². The highest BCUT2D eigenvalue weighted by atomic mass is 35.5. The van der Waals surface area contributed by atoms with Crippen LogP contribution in [0.25, 0.3) is 0 Å².